The Kier molecular flexibility index (Phi) is 2.11. The fraction of sp³-hybridized carbons (Fsp3) is 0.0714. The quantitative estimate of drug-likeness (QED) is 0.812. The Hall–Kier alpha value is -2.29. The van der Waals surface area contributed by atoms with E-state index in [2.05, 4.69) is 0 Å². The molecule has 3 rings (SSSR count). The van der Waals surface area contributed by atoms with E-state index in [0.717, 1.165) is 21.9 Å². The molecule has 1 heterocycles. The molecule has 0 amide bonds. The first kappa shape index (κ1) is 9.90. The van der Waals surface area contributed by atoms with E-state index < -0.39 is 5.97 Å². The number of benzene rings is 2. The minimum Gasteiger partial charge on any atom is -0.496 e. The number of carboxylic acid groups (broad SMARTS) is 1. The van der Waals surface area contributed by atoms with E-state index in [0.29, 0.717) is 12.2 Å². The molecule has 0 unspecified atom stereocenters. The molecule has 3 heteroatoms. The Bertz CT molecular complexity index is 641. The van der Waals surface area contributed by atoms with E-state index in [1.54, 1.807) is 18.4 Å². The number of rotatable bonds is 1. The summed E-state index contributed by atoms with van der Waals surface area (Å²) in [5.74, 6) is -0.897. The number of hydrogen-bond acceptors (Lipinski definition) is 2. The lowest BCUT2D eigenvalue weighted by atomic mass is 9.95. The van der Waals surface area contributed by atoms with Gasteiger partial charge in [-0.15, -0.1) is 0 Å². The summed E-state index contributed by atoms with van der Waals surface area (Å²) in [6.45, 7) is 0.541. The van der Waals surface area contributed by atoms with Crippen molar-refractivity contribution in [2.75, 3.05) is 0 Å². The van der Waals surface area contributed by atoms with Crippen molar-refractivity contribution in [1.82, 2.24) is 0 Å². The van der Waals surface area contributed by atoms with E-state index in [1.165, 1.54) is 0 Å². The van der Waals surface area contributed by atoms with Gasteiger partial charge in [0.1, 0.15) is 6.61 Å². The number of fused-ring (bicyclic) bond motifs is 3. The van der Waals surface area contributed by atoms with Gasteiger partial charge in [-0.1, -0.05) is 24.3 Å². The molecule has 1 N–H and O–H groups in total. The number of carbonyl (C=O) groups is 1. The standard InChI is InChI=1S/C14H10O3/c15-14(16)13-3-1-2-11-10-6-7-17-8-9(10)4-5-12(11)13/h1-7H,8H2,(H,15,16). The summed E-state index contributed by atoms with van der Waals surface area (Å²) in [6, 6.07) is 9.11. The molecule has 3 nitrogen and oxygen atoms in total. The van der Waals surface area contributed by atoms with E-state index in [1.807, 2.05) is 24.3 Å². The number of carboxylic acids is 1. The molecular weight excluding hydrogens is 216 g/mol. The predicted octanol–water partition coefficient (Wildman–Crippen LogP) is 3.04. The van der Waals surface area contributed by atoms with Crippen LogP contribution in [0.4, 0.5) is 0 Å². The van der Waals surface area contributed by atoms with Crippen LogP contribution in [0.15, 0.2) is 36.6 Å². The summed E-state index contributed by atoms with van der Waals surface area (Å²) in [5, 5.41) is 10.9. The molecule has 0 aliphatic carbocycles. The number of ether oxygens (including phenoxy) is 1. The minimum absolute atomic E-state index is 0.338. The van der Waals surface area contributed by atoms with Crippen molar-refractivity contribution in [1.29, 1.82) is 0 Å². The van der Waals surface area contributed by atoms with Gasteiger partial charge in [0.05, 0.1) is 11.8 Å². The molecule has 0 fully saturated rings. The average Bonchev–Trinajstić information content (AvgIpc) is 2.37. The minimum atomic E-state index is -0.897. The highest BCUT2D eigenvalue weighted by molar-refractivity contribution is 6.06. The maximum Gasteiger partial charge on any atom is 0.336 e. The molecule has 2 aromatic rings. The highest BCUT2D eigenvalue weighted by Crippen LogP contribution is 2.29. The van der Waals surface area contributed by atoms with Gasteiger partial charge in [0.15, 0.2) is 0 Å². The first-order valence-corrected chi connectivity index (χ1v) is 5.33. The van der Waals surface area contributed by atoms with Crippen molar-refractivity contribution in [3.8, 4) is 0 Å². The van der Waals surface area contributed by atoms with Crippen molar-refractivity contribution in [3.63, 3.8) is 0 Å². The largest absolute Gasteiger partial charge is 0.496 e. The van der Waals surface area contributed by atoms with Gasteiger partial charge < -0.3 is 9.84 Å². The number of aromatic carboxylic acids is 1. The van der Waals surface area contributed by atoms with E-state index in [-0.39, 0.29) is 0 Å². The summed E-state index contributed by atoms with van der Waals surface area (Å²) in [6.07, 6.45) is 3.53. The Morgan fingerprint density at radius 2 is 2.06 bits per heavy atom. The van der Waals surface area contributed by atoms with Gasteiger partial charge in [0, 0.05) is 0 Å². The molecule has 0 saturated carbocycles. The second kappa shape index (κ2) is 3.63. The fourth-order valence-electron chi connectivity index (χ4n) is 2.19. The third-order valence-corrected chi connectivity index (χ3v) is 2.99. The van der Waals surface area contributed by atoms with Gasteiger partial charge in [-0.05, 0) is 34.0 Å². The maximum absolute atomic E-state index is 11.1. The van der Waals surface area contributed by atoms with Crippen LogP contribution >= 0.6 is 0 Å². The average molecular weight is 226 g/mol. The molecular formula is C14H10O3. The topological polar surface area (TPSA) is 46.5 Å². The summed E-state index contributed by atoms with van der Waals surface area (Å²) >= 11 is 0. The Morgan fingerprint density at radius 3 is 2.88 bits per heavy atom. The predicted molar refractivity (Wildman–Crippen MR) is 64.7 cm³/mol. The third kappa shape index (κ3) is 1.47. The molecule has 0 radical (unpaired) electrons. The van der Waals surface area contributed by atoms with Crippen LogP contribution in [-0.2, 0) is 11.3 Å². The van der Waals surface area contributed by atoms with Crippen LogP contribution in [0.1, 0.15) is 21.5 Å². The van der Waals surface area contributed by atoms with Crippen LogP contribution in [0.2, 0.25) is 0 Å². The molecule has 0 atom stereocenters. The summed E-state index contributed by atoms with van der Waals surface area (Å²) in [5.41, 5.74) is 2.48. The SMILES string of the molecule is O=C(O)c1cccc2c3c(ccc12)COC=C3. The Morgan fingerprint density at radius 1 is 1.18 bits per heavy atom. The molecule has 0 aromatic heterocycles. The molecule has 84 valence electrons. The molecule has 1 aliphatic rings. The summed E-state index contributed by atoms with van der Waals surface area (Å²) < 4.78 is 5.23. The van der Waals surface area contributed by atoms with Crippen molar-refractivity contribution in [3.05, 3.63) is 53.3 Å². The van der Waals surface area contributed by atoms with Crippen LogP contribution in [0.25, 0.3) is 16.8 Å². The van der Waals surface area contributed by atoms with Gasteiger partial charge in [-0.25, -0.2) is 4.79 Å². The van der Waals surface area contributed by atoms with Crippen molar-refractivity contribution in [2.45, 2.75) is 6.61 Å². The van der Waals surface area contributed by atoms with Gasteiger partial charge >= 0.3 is 5.97 Å². The zero-order valence-corrected chi connectivity index (χ0v) is 9.01. The second-order valence-corrected chi connectivity index (χ2v) is 3.96. The van der Waals surface area contributed by atoms with Crippen molar-refractivity contribution < 1.29 is 14.6 Å². The second-order valence-electron chi connectivity index (χ2n) is 3.96. The third-order valence-electron chi connectivity index (χ3n) is 2.99. The maximum atomic E-state index is 11.1. The molecule has 0 bridgehead atoms. The van der Waals surface area contributed by atoms with Gasteiger partial charge in [-0.3, -0.25) is 0 Å². The van der Waals surface area contributed by atoms with E-state index in [9.17, 15) is 4.79 Å². The molecule has 0 spiro atoms. The van der Waals surface area contributed by atoms with Crippen LogP contribution in [-0.4, -0.2) is 11.1 Å². The first-order valence-electron chi connectivity index (χ1n) is 5.33. The lowest BCUT2D eigenvalue weighted by molar-refractivity contribution is 0.0699. The molecule has 2 aromatic carbocycles. The summed E-state index contributed by atoms with van der Waals surface area (Å²) in [4.78, 5) is 11.1. The summed E-state index contributed by atoms with van der Waals surface area (Å²) in [7, 11) is 0. The molecule has 17 heavy (non-hydrogen) atoms. The van der Waals surface area contributed by atoms with Crippen molar-refractivity contribution in [2.24, 2.45) is 0 Å². The normalized spacial score (nSPS) is 13.2. The van der Waals surface area contributed by atoms with E-state index in [4.69, 9.17) is 9.84 Å². The fourth-order valence-corrected chi connectivity index (χ4v) is 2.19. The highest BCUT2D eigenvalue weighted by atomic mass is 16.5. The lowest BCUT2D eigenvalue weighted by Gasteiger charge is -2.14. The van der Waals surface area contributed by atoms with Crippen LogP contribution in [0, 0.1) is 0 Å². The van der Waals surface area contributed by atoms with Crippen LogP contribution in [0.5, 0.6) is 0 Å². The smallest absolute Gasteiger partial charge is 0.336 e. The zero-order valence-electron chi connectivity index (χ0n) is 9.01. The highest BCUT2D eigenvalue weighted by Gasteiger charge is 2.13. The molecule has 0 saturated heterocycles. The monoisotopic (exact) mass is 226 g/mol. The van der Waals surface area contributed by atoms with Crippen molar-refractivity contribution >= 4 is 22.8 Å². The molecule has 1 aliphatic heterocycles. The Balaban J connectivity index is 2.39. The zero-order chi connectivity index (χ0) is 11.8. The van der Waals surface area contributed by atoms with E-state index >= 15 is 0 Å². The lowest BCUT2D eigenvalue weighted by Crippen LogP contribution is -2.01. The number of hydrogen-bond donors (Lipinski definition) is 1. The van der Waals surface area contributed by atoms with Gasteiger partial charge in [-0.2, -0.15) is 0 Å². The van der Waals surface area contributed by atoms with Gasteiger partial charge in [0.2, 0.25) is 0 Å². The van der Waals surface area contributed by atoms with Crippen LogP contribution in [0.3, 0.4) is 0 Å². The van der Waals surface area contributed by atoms with Crippen LogP contribution < -0.4 is 0 Å². The Labute approximate surface area is 97.9 Å². The van der Waals surface area contributed by atoms with Gasteiger partial charge in [0.25, 0.3) is 0 Å². The first-order chi connectivity index (χ1) is 8.27.